The first-order valence-electron chi connectivity index (χ1n) is 27.5. The summed E-state index contributed by atoms with van der Waals surface area (Å²) in [6.45, 7) is 15.7. The van der Waals surface area contributed by atoms with Gasteiger partial charge in [0.1, 0.15) is 30.1 Å². The Kier molecular flexibility index (Phi) is 23.7. The van der Waals surface area contributed by atoms with E-state index in [0.717, 1.165) is 44.3 Å². The number of hydrogen-bond donors (Lipinski definition) is 3. The highest BCUT2D eigenvalue weighted by Crippen LogP contribution is 2.39. The van der Waals surface area contributed by atoms with Gasteiger partial charge in [0.25, 0.3) is 11.7 Å². The number of hydrogen-bond acceptors (Lipinski definition) is 16. The molecule has 15 atom stereocenters. The molecule has 4 fully saturated rings. The zero-order valence-electron chi connectivity index (χ0n) is 45.8. The molecule has 3 saturated heterocycles. The van der Waals surface area contributed by atoms with Crippen molar-refractivity contribution >= 4 is 35.2 Å². The van der Waals surface area contributed by atoms with E-state index in [1.807, 2.05) is 20.8 Å². The van der Waals surface area contributed by atoms with Crippen LogP contribution >= 0.6 is 0 Å². The van der Waals surface area contributed by atoms with Crippen molar-refractivity contribution < 1.29 is 67.5 Å². The third-order valence-electron chi connectivity index (χ3n) is 16.7. The van der Waals surface area contributed by atoms with E-state index in [1.54, 1.807) is 46.1 Å². The fourth-order valence-corrected chi connectivity index (χ4v) is 11.9. The van der Waals surface area contributed by atoms with Crippen molar-refractivity contribution in [3.05, 3.63) is 23.3 Å². The molecule has 3 N–H and O–H groups in total. The number of aliphatic hydroxyl groups is 2. The lowest BCUT2D eigenvalue weighted by Crippen LogP contribution is -2.61. The number of carbonyl (C=O) groups is 6. The number of allylic oxidation sites excluding steroid dienone is 2. The summed E-state index contributed by atoms with van der Waals surface area (Å²) in [5, 5.41) is 28.5. The van der Waals surface area contributed by atoms with Crippen LogP contribution in [-0.2, 0) is 57.3 Å². The largest absolute Gasteiger partial charge is 0.460 e. The Morgan fingerprint density at radius 3 is 2.25 bits per heavy atom. The molecule has 4 heterocycles. The van der Waals surface area contributed by atoms with E-state index in [-0.39, 0.29) is 66.7 Å². The number of piperazine rings is 1. The maximum absolute atomic E-state index is 14.6. The highest BCUT2D eigenvalue weighted by Gasteiger charge is 2.53. The molecular weight excluding hydrogens is 939 g/mol. The van der Waals surface area contributed by atoms with Crippen molar-refractivity contribution in [2.24, 2.45) is 41.4 Å². The number of nitrogens with one attached hydrogen (secondary N) is 1. The summed E-state index contributed by atoms with van der Waals surface area (Å²) >= 11 is 0. The van der Waals surface area contributed by atoms with Crippen LogP contribution in [0.15, 0.2) is 23.3 Å². The number of ether oxygens (including phenoxy) is 5. The SMILES string of the molecule is CO[C@H]1C[C@@H]2CC[C@@H](C)[C@@](O)(O2)C(=O)C(=O)N2CCCC[C@H]2C(=O)O[C@H]([C@H](C)C[C@@H]2CC[C@@H](C(=O)ON3CCNCC3)[C@H](OC)C2)CC(=O)[C@H](C)/C=C(/C)[C@@H](O)[C@@H](OC)C(=O)[C@H](C)C[C@H](C)CCCC/C=C\1C. The number of esters is 1. The number of rotatable bonds is 8. The number of fused-ring (bicyclic) bond motifs is 3. The zero-order chi connectivity index (χ0) is 53.6. The molecule has 0 aromatic carbocycles. The van der Waals surface area contributed by atoms with Gasteiger partial charge in [-0.3, -0.25) is 19.2 Å². The van der Waals surface area contributed by atoms with Crippen molar-refractivity contribution in [1.82, 2.24) is 15.3 Å². The van der Waals surface area contributed by atoms with Crippen LogP contribution in [0.5, 0.6) is 0 Å². The first-order valence-corrected chi connectivity index (χ1v) is 27.5. The van der Waals surface area contributed by atoms with Crippen molar-refractivity contribution in [3.8, 4) is 0 Å². The molecule has 0 aromatic heterocycles. The fraction of sp³-hybridized carbons (Fsp3) is 0.821. The molecule has 1 amide bonds. The molecule has 17 heteroatoms. The number of amides is 1. The summed E-state index contributed by atoms with van der Waals surface area (Å²) in [7, 11) is 4.60. The van der Waals surface area contributed by atoms with E-state index in [1.165, 1.54) is 12.0 Å². The van der Waals surface area contributed by atoms with Gasteiger partial charge in [-0.15, -0.1) is 5.06 Å². The van der Waals surface area contributed by atoms with Crippen LogP contribution < -0.4 is 5.32 Å². The van der Waals surface area contributed by atoms with Gasteiger partial charge in [-0.2, -0.15) is 0 Å². The van der Waals surface area contributed by atoms with E-state index in [4.69, 9.17) is 28.5 Å². The average molecular weight is 1030 g/mol. The number of aliphatic hydroxyl groups excluding tert-OH is 1. The highest BCUT2D eigenvalue weighted by molar-refractivity contribution is 6.39. The van der Waals surface area contributed by atoms with Gasteiger partial charge in [-0.05, 0) is 120 Å². The molecule has 5 rings (SSSR count). The Morgan fingerprint density at radius 2 is 1.56 bits per heavy atom. The molecule has 0 spiro atoms. The second-order valence-electron chi connectivity index (χ2n) is 22.4. The van der Waals surface area contributed by atoms with Crippen LogP contribution in [0.4, 0.5) is 0 Å². The Balaban J connectivity index is 1.42. The van der Waals surface area contributed by atoms with Gasteiger partial charge >= 0.3 is 11.9 Å². The van der Waals surface area contributed by atoms with Crippen LogP contribution in [-0.4, -0.2) is 158 Å². The van der Waals surface area contributed by atoms with Gasteiger partial charge in [0.15, 0.2) is 5.78 Å². The quantitative estimate of drug-likeness (QED) is 0.139. The number of piperidine rings is 1. The average Bonchev–Trinajstić information content (AvgIpc) is 3.37. The molecule has 0 aromatic rings. The first kappa shape index (κ1) is 60.4. The summed E-state index contributed by atoms with van der Waals surface area (Å²) in [6.07, 6.45) is 7.94. The second-order valence-corrected chi connectivity index (χ2v) is 22.4. The topological polar surface area (TPSA) is 217 Å². The molecule has 73 heavy (non-hydrogen) atoms. The van der Waals surface area contributed by atoms with Gasteiger partial charge in [0.2, 0.25) is 5.79 Å². The maximum Gasteiger partial charge on any atom is 0.330 e. The van der Waals surface area contributed by atoms with E-state index in [9.17, 15) is 39.0 Å². The molecule has 1 saturated carbocycles. The monoisotopic (exact) mass is 1030 g/mol. The number of ketones is 3. The summed E-state index contributed by atoms with van der Waals surface area (Å²) in [5.41, 5.74) is 1.39. The number of nitrogens with zero attached hydrogens (tertiary/aromatic N) is 2. The summed E-state index contributed by atoms with van der Waals surface area (Å²) in [5.74, 6) is -8.54. The summed E-state index contributed by atoms with van der Waals surface area (Å²) < 4.78 is 30.0. The van der Waals surface area contributed by atoms with Gasteiger partial charge in [-0.25, -0.2) is 9.59 Å². The summed E-state index contributed by atoms with van der Waals surface area (Å²) in [4.78, 5) is 91.8. The second kappa shape index (κ2) is 28.6. The third kappa shape index (κ3) is 16.3. The lowest BCUT2D eigenvalue weighted by atomic mass is 9.75. The van der Waals surface area contributed by atoms with Crippen LogP contribution in [0.2, 0.25) is 0 Å². The molecule has 1 aliphatic carbocycles. The van der Waals surface area contributed by atoms with Gasteiger partial charge in [0.05, 0.1) is 24.2 Å². The minimum atomic E-state index is -2.43. The first-order chi connectivity index (χ1) is 34.7. The van der Waals surface area contributed by atoms with E-state index in [2.05, 4.69) is 18.3 Å². The standard InChI is InChI=1S/C56H91N3O14/c1-34-16-12-11-13-17-35(2)46(68-8)32-42-21-19-40(7)56(67,72-42)52(63)53(64)59-25-15-14-18-44(59)55(66)71-47(33-45(60)36(3)29-39(6)50(62)51(70-10)49(61)38(5)28-34)37(4)30-41-20-22-43(48(31-41)69-9)54(65)73-58-26-23-57-24-27-58/h17,29,34,36-38,40-44,46-48,50-51,57,62,67H,11-16,18-28,30-33H2,1-10H3/b35-17-,39-29-/t34-,36-,37-,38-,40-,41+,42+,43-,44+,46+,47+,48-,50-,51+,56-/m1/s1. The summed E-state index contributed by atoms with van der Waals surface area (Å²) in [6, 6.07) is -1.16. The molecule has 0 radical (unpaired) electrons. The van der Waals surface area contributed by atoms with E-state index < -0.39 is 77.8 Å². The Labute approximate surface area is 435 Å². The molecule has 4 aliphatic heterocycles. The normalized spacial score (nSPS) is 38.3. The van der Waals surface area contributed by atoms with Gasteiger partial charge in [0, 0.05) is 84.6 Å². The number of methoxy groups -OCH3 is 3. The van der Waals surface area contributed by atoms with Gasteiger partial charge in [-0.1, -0.05) is 59.6 Å². The van der Waals surface area contributed by atoms with E-state index in [0.29, 0.717) is 82.9 Å². The predicted molar refractivity (Wildman–Crippen MR) is 273 cm³/mol. The van der Waals surface area contributed by atoms with Crippen molar-refractivity contribution in [1.29, 1.82) is 0 Å². The number of carbonyl (C=O) groups excluding carboxylic acids is 6. The van der Waals surface area contributed by atoms with Crippen LogP contribution in [0, 0.1) is 41.4 Å². The van der Waals surface area contributed by atoms with Crippen LogP contribution in [0.1, 0.15) is 151 Å². The lowest BCUT2D eigenvalue weighted by molar-refractivity contribution is -0.265. The van der Waals surface area contributed by atoms with E-state index >= 15 is 0 Å². The number of cyclic esters (lactones) is 1. The number of Topliss-reactive ketones (excluding diaryl/α,β-unsaturated/α-hetero) is 3. The molecule has 0 unspecified atom stereocenters. The van der Waals surface area contributed by atoms with Gasteiger partial charge < -0.3 is 49.0 Å². The van der Waals surface area contributed by atoms with Crippen molar-refractivity contribution in [3.63, 3.8) is 0 Å². The van der Waals surface area contributed by atoms with Crippen molar-refractivity contribution in [2.45, 2.75) is 200 Å². The van der Waals surface area contributed by atoms with Crippen molar-refractivity contribution in [2.75, 3.05) is 54.1 Å². The Morgan fingerprint density at radius 1 is 0.849 bits per heavy atom. The highest BCUT2D eigenvalue weighted by atomic mass is 16.7. The van der Waals surface area contributed by atoms with Crippen LogP contribution in [0.3, 0.4) is 0 Å². The Bertz CT molecular complexity index is 1920. The third-order valence-corrected chi connectivity index (χ3v) is 16.7. The molecular formula is C56H91N3O14. The predicted octanol–water partition coefficient (Wildman–Crippen LogP) is 6.25. The zero-order valence-corrected chi connectivity index (χ0v) is 45.8. The fourth-order valence-electron chi connectivity index (χ4n) is 11.9. The maximum atomic E-state index is 14.6. The number of hydroxylamine groups is 2. The molecule has 5 aliphatic rings. The smallest absolute Gasteiger partial charge is 0.330 e. The van der Waals surface area contributed by atoms with Crippen LogP contribution in [0.25, 0.3) is 0 Å². The minimum absolute atomic E-state index is 0.0434. The Hall–Kier alpha value is -3.42. The minimum Gasteiger partial charge on any atom is -0.460 e. The lowest BCUT2D eigenvalue weighted by Gasteiger charge is -2.42. The molecule has 17 nitrogen and oxygen atoms in total. The molecule has 2 bridgehead atoms. The molecule has 414 valence electrons.